The van der Waals surface area contributed by atoms with E-state index >= 15 is 0 Å². The van der Waals surface area contributed by atoms with Crippen LogP contribution in [0.4, 0.5) is 17.1 Å². The zero-order valence-electron chi connectivity index (χ0n) is 16.3. The molecule has 0 aliphatic heterocycles. The highest BCUT2D eigenvalue weighted by atomic mass is 35.5. The maximum Gasteiger partial charge on any atom is 0.265 e. The van der Waals surface area contributed by atoms with Crippen LogP contribution in [0.15, 0.2) is 41.8 Å². The van der Waals surface area contributed by atoms with E-state index in [2.05, 4.69) is 16.0 Å². The van der Waals surface area contributed by atoms with Crippen LogP contribution < -0.4 is 25.4 Å². The van der Waals surface area contributed by atoms with Gasteiger partial charge in [-0.2, -0.15) is 0 Å². The minimum atomic E-state index is -0.345. The quantitative estimate of drug-likeness (QED) is 0.251. The molecule has 0 radical (unpaired) electrons. The van der Waals surface area contributed by atoms with E-state index in [1.165, 1.54) is 37.7 Å². The smallest absolute Gasteiger partial charge is 0.265 e. The molecule has 0 spiro atoms. The summed E-state index contributed by atoms with van der Waals surface area (Å²) in [4.78, 5) is 12.7. The molecule has 0 saturated heterocycles. The van der Waals surface area contributed by atoms with Gasteiger partial charge in [-0.1, -0.05) is 29.3 Å². The molecule has 1 amide bonds. The first-order chi connectivity index (χ1) is 14.8. The highest BCUT2D eigenvalue weighted by Gasteiger charge is 2.15. The largest absolute Gasteiger partial charge is 0.506 e. The van der Waals surface area contributed by atoms with Gasteiger partial charge < -0.3 is 30.5 Å². The fourth-order valence-corrected chi connectivity index (χ4v) is 3.87. The van der Waals surface area contributed by atoms with Gasteiger partial charge in [-0.3, -0.25) is 4.79 Å². The standard InChI is InChI=1S/C20H17Cl2N3O4S2/c1-28-16-9-17(29-2)14(7-11(16)22)25-20(30)24-12-8-15(26)13(6-10(12)21)23-19(27)18-4-3-5-31-18/h3-9,26H,1-2H3,(H,23,27)(H2,24,25,30). The molecule has 1 heterocycles. The van der Waals surface area contributed by atoms with Crippen LogP contribution in [-0.2, 0) is 0 Å². The van der Waals surface area contributed by atoms with Crippen LogP contribution in [-0.4, -0.2) is 30.3 Å². The Hall–Kier alpha value is -2.72. The molecule has 162 valence electrons. The molecular weight excluding hydrogens is 481 g/mol. The average molecular weight is 498 g/mol. The topological polar surface area (TPSA) is 91.8 Å². The van der Waals surface area contributed by atoms with Crippen LogP contribution >= 0.6 is 46.8 Å². The van der Waals surface area contributed by atoms with Crippen molar-refractivity contribution in [2.75, 3.05) is 30.2 Å². The number of amides is 1. The highest BCUT2D eigenvalue weighted by molar-refractivity contribution is 7.80. The second kappa shape index (κ2) is 10.1. The third kappa shape index (κ3) is 5.50. The van der Waals surface area contributed by atoms with Gasteiger partial charge in [0.15, 0.2) is 5.11 Å². The van der Waals surface area contributed by atoms with Gasteiger partial charge >= 0.3 is 0 Å². The molecule has 0 aliphatic rings. The number of hydrogen-bond acceptors (Lipinski definition) is 6. The van der Waals surface area contributed by atoms with Crippen LogP contribution in [0, 0.1) is 0 Å². The van der Waals surface area contributed by atoms with Crippen molar-refractivity contribution in [2.45, 2.75) is 0 Å². The van der Waals surface area contributed by atoms with E-state index in [1.54, 1.807) is 29.6 Å². The predicted octanol–water partition coefficient (Wildman–Crippen LogP) is 5.84. The molecule has 31 heavy (non-hydrogen) atoms. The molecule has 0 saturated carbocycles. The Bertz CT molecular complexity index is 1120. The summed E-state index contributed by atoms with van der Waals surface area (Å²) < 4.78 is 10.5. The van der Waals surface area contributed by atoms with Crippen molar-refractivity contribution < 1.29 is 19.4 Å². The number of methoxy groups -OCH3 is 2. The summed E-state index contributed by atoms with van der Waals surface area (Å²) in [7, 11) is 3.00. The number of ether oxygens (including phenoxy) is 2. The number of thiocarbonyl (C=S) groups is 1. The molecule has 0 unspecified atom stereocenters. The minimum Gasteiger partial charge on any atom is -0.506 e. The van der Waals surface area contributed by atoms with E-state index in [4.69, 9.17) is 44.9 Å². The number of rotatable bonds is 6. The zero-order valence-corrected chi connectivity index (χ0v) is 19.4. The van der Waals surface area contributed by atoms with E-state index in [-0.39, 0.29) is 27.5 Å². The molecule has 3 rings (SSSR count). The summed E-state index contributed by atoms with van der Waals surface area (Å²) in [6.07, 6.45) is 0. The van der Waals surface area contributed by atoms with Crippen molar-refractivity contribution in [1.82, 2.24) is 0 Å². The van der Waals surface area contributed by atoms with E-state index in [0.717, 1.165) is 0 Å². The van der Waals surface area contributed by atoms with Crippen molar-refractivity contribution in [3.8, 4) is 17.2 Å². The van der Waals surface area contributed by atoms with E-state index < -0.39 is 0 Å². The lowest BCUT2D eigenvalue weighted by molar-refractivity contribution is 0.103. The second-order valence-electron chi connectivity index (χ2n) is 6.05. The summed E-state index contributed by atoms with van der Waals surface area (Å²) >= 11 is 19.1. The van der Waals surface area contributed by atoms with Gasteiger partial charge in [0.05, 0.1) is 46.2 Å². The van der Waals surface area contributed by atoms with Crippen molar-refractivity contribution in [1.29, 1.82) is 0 Å². The highest BCUT2D eigenvalue weighted by Crippen LogP contribution is 2.37. The van der Waals surface area contributed by atoms with E-state index in [1.807, 2.05) is 0 Å². The van der Waals surface area contributed by atoms with E-state index in [0.29, 0.717) is 32.8 Å². The maximum atomic E-state index is 12.2. The number of halogens is 2. The second-order valence-corrected chi connectivity index (χ2v) is 8.22. The Labute approximate surface area is 197 Å². The van der Waals surface area contributed by atoms with E-state index in [9.17, 15) is 9.90 Å². The van der Waals surface area contributed by atoms with Crippen molar-refractivity contribution in [3.05, 3.63) is 56.7 Å². The van der Waals surface area contributed by atoms with Crippen LogP contribution in [0.2, 0.25) is 10.0 Å². The SMILES string of the molecule is COc1cc(OC)c(NC(=S)Nc2cc(O)c(NC(=O)c3cccs3)cc2Cl)cc1Cl. The van der Waals surface area contributed by atoms with Gasteiger partial charge in [-0.05, 0) is 35.8 Å². The number of phenolic OH excluding ortho intramolecular Hbond substituents is 1. The number of nitrogens with one attached hydrogen (secondary N) is 3. The number of benzene rings is 2. The van der Waals surface area contributed by atoms with Crippen molar-refractivity contribution in [3.63, 3.8) is 0 Å². The minimum absolute atomic E-state index is 0.176. The van der Waals surface area contributed by atoms with Crippen molar-refractivity contribution in [2.24, 2.45) is 0 Å². The molecule has 4 N–H and O–H groups in total. The predicted molar refractivity (Wildman–Crippen MR) is 130 cm³/mol. The third-order valence-corrected chi connectivity index (χ3v) is 5.73. The summed E-state index contributed by atoms with van der Waals surface area (Å²) in [5.74, 6) is 0.398. The molecule has 0 aliphatic carbocycles. The zero-order chi connectivity index (χ0) is 22.5. The summed E-state index contributed by atoms with van der Waals surface area (Å²) in [6, 6.07) is 9.46. The molecule has 0 atom stereocenters. The van der Waals surface area contributed by atoms with Gasteiger partial charge in [0.1, 0.15) is 17.2 Å². The number of carbonyl (C=O) groups is 1. The molecule has 2 aromatic carbocycles. The lowest BCUT2D eigenvalue weighted by Gasteiger charge is -2.16. The Morgan fingerprint density at radius 3 is 2.29 bits per heavy atom. The number of anilines is 3. The summed E-state index contributed by atoms with van der Waals surface area (Å²) in [6.45, 7) is 0. The van der Waals surface area contributed by atoms with Gasteiger partial charge in [0.25, 0.3) is 5.91 Å². The van der Waals surface area contributed by atoms with Gasteiger partial charge in [-0.15, -0.1) is 11.3 Å². The average Bonchev–Trinajstić information content (AvgIpc) is 3.27. The van der Waals surface area contributed by atoms with Gasteiger partial charge in [0.2, 0.25) is 0 Å². The van der Waals surface area contributed by atoms with Crippen LogP contribution in [0.1, 0.15) is 9.67 Å². The lowest BCUT2D eigenvalue weighted by atomic mass is 10.2. The summed E-state index contributed by atoms with van der Waals surface area (Å²) in [5, 5.41) is 21.4. The van der Waals surface area contributed by atoms with Crippen LogP contribution in [0.25, 0.3) is 0 Å². The number of hydrogen-bond donors (Lipinski definition) is 4. The number of aromatic hydroxyl groups is 1. The maximum absolute atomic E-state index is 12.2. The molecule has 7 nitrogen and oxygen atoms in total. The first kappa shape index (κ1) is 23.0. The molecule has 1 aromatic heterocycles. The monoisotopic (exact) mass is 497 g/mol. The number of thiophene rings is 1. The number of carbonyl (C=O) groups excluding carboxylic acids is 1. The summed E-state index contributed by atoms with van der Waals surface area (Å²) in [5.41, 5.74) is 1.02. The molecule has 3 aromatic rings. The number of phenols is 1. The molecule has 0 fully saturated rings. The Morgan fingerprint density at radius 1 is 0.968 bits per heavy atom. The third-order valence-electron chi connectivity index (χ3n) is 4.05. The van der Waals surface area contributed by atoms with Gasteiger partial charge in [0, 0.05) is 12.1 Å². The van der Waals surface area contributed by atoms with Crippen molar-refractivity contribution >= 4 is 74.8 Å². The Balaban J connectivity index is 1.74. The molecule has 11 heteroatoms. The fourth-order valence-electron chi connectivity index (χ4n) is 2.58. The first-order valence-corrected chi connectivity index (χ1v) is 10.7. The Morgan fingerprint density at radius 2 is 1.65 bits per heavy atom. The van der Waals surface area contributed by atoms with Crippen LogP contribution in [0.3, 0.4) is 0 Å². The Kier molecular flexibility index (Phi) is 7.45. The fraction of sp³-hybridized carbons (Fsp3) is 0.100. The van der Waals surface area contributed by atoms with Gasteiger partial charge in [-0.25, -0.2) is 0 Å². The van der Waals surface area contributed by atoms with Crippen LogP contribution in [0.5, 0.6) is 17.2 Å². The lowest BCUT2D eigenvalue weighted by Crippen LogP contribution is -2.20. The first-order valence-electron chi connectivity index (χ1n) is 8.69. The molecular formula is C20H17Cl2N3O4S2. The molecule has 0 bridgehead atoms. The normalized spacial score (nSPS) is 10.3.